The lowest BCUT2D eigenvalue weighted by Crippen LogP contribution is -2.36. The van der Waals surface area contributed by atoms with Gasteiger partial charge in [0.2, 0.25) is 0 Å². The topological polar surface area (TPSA) is 91.5 Å². The molecule has 176 valence electrons. The fourth-order valence-corrected chi connectivity index (χ4v) is 4.99. The zero-order valence-electron chi connectivity index (χ0n) is 20.0. The molecule has 0 atom stereocenters. The van der Waals surface area contributed by atoms with E-state index in [-0.39, 0.29) is 0 Å². The van der Waals surface area contributed by atoms with Gasteiger partial charge < -0.3 is 15.3 Å². The molecule has 8 heteroatoms. The zero-order chi connectivity index (χ0) is 23.0. The van der Waals surface area contributed by atoms with Gasteiger partial charge in [0.25, 0.3) is 0 Å². The van der Waals surface area contributed by atoms with Gasteiger partial charge in [-0.3, -0.25) is 4.98 Å². The maximum Gasteiger partial charge on any atom is 0.160 e. The quantitative estimate of drug-likeness (QED) is 0.584. The monoisotopic (exact) mass is 449 g/mol. The zero-order valence-corrected chi connectivity index (χ0v) is 20.0. The van der Waals surface area contributed by atoms with Crippen LogP contribution in [0.1, 0.15) is 70.2 Å². The van der Waals surface area contributed by atoms with E-state index in [1.807, 2.05) is 30.6 Å². The highest BCUT2D eigenvalue weighted by Crippen LogP contribution is 2.31. The third-order valence-electron chi connectivity index (χ3n) is 7.01. The van der Waals surface area contributed by atoms with Gasteiger partial charge in [0.1, 0.15) is 23.0 Å². The Hall–Kier alpha value is -2.74. The van der Waals surface area contributed by atoms with Crippen molar-refractivity contribution in [2.75, 3.05) is 23.3 Å². The van der Waals surface area contributed by atoms with Crippen molar-refractivity contribution in [2.24, 2.45) is 0 Å². The average molecular weight is 450 g/mol. The minimum absolute atomic E-state index is 0.310. The summed E-state index contributed by atoms with van der Waals surface area (Å²) >= 11 is 0. The molecule has 0 unspecified atom stereocenters. The molecule has 5 rings (SSSR count). The molecule has 0 radical (unpaired) electrons. The van der Waals surface area contributed by atoms with Crippen LogP contribution in [0.3, 0.4) is 0 Å². The van der Waals surface area contributed by atoms with Crippen LogP contribution in [0.5, 0.6) is 0 Å². The largest absolute Gasteiger partial charge is 0.390 e. The van der Waals surface area contributed by atoms with Crippen molar-refractivity contribution in [3.8, 4) is 11.4 Å². The van der Waals surface area contributed by atoms with Gasteiger partial charge in [0.15, 0.2) is 5.65 Å². The molecule has 0 aromatic carbocycles. The number of hydrogen-bond acceptors (Lipinski definition) is 7. The lowest BCUT2D eigenvalue weighted by Gasteiger charge is -2.34. The molecule has 0 bridgehead atoms. The number of hydrogen-bond donors (Lipinski definition) is 2. The first kappa shape index (κ1) is 22.1. The first-order valence-electron chi connectivity index (χ1n) is 12.4. The van der Waals surface area contributed by atoms with Gasteiger partial charge in [-0.25, -0.2) is 9.97 Å². The van der Waals surface area contributed by atoms with E-state index < -0.39 is 5.60 Å². The Labute approximate surface area is 195 Å². The van der Waals surface area contributed by atoms with Gasteiger partial charge in [0.05, 0.1) is 17.0 Å². The van der Waals surface area contributed by atoms with Gasteiger partial charge in [-0.05, 0) is 58.8 Å². The Kier molecular flexibility index (Phi) is 5.95. The minimum Gasteiger partial charge on any atom is -0.390 e. The Bertz CT molecular complexity index is 1120. The smallest absolute Gasteiger partial charge is 0.160 e. The molecule has 2 N–H and O–H groups in total. The van der Waals surface area contributed by atoms with Crippen molar-refractivity contribution < 1.29 is 5.11 Å². The Morgan fingerprint density at radius 3 is 2.64 bits per heavy atom. The number of rotatable bonds is 6. The van der Waals surface area contributed by atoms with Gasteiger partial charge in [-0.2, -0.15) is 9.61 Å². The van der Waals surface area contributed by atoms with Crippen LogP contribution in [0.2, 0.25) is 0 Å². The third kappa shape index (κ3) is 4.67. The van der Waals surface area contributed by atoms with Gasteiger partial charge in [-0.1, -0.05) is 13.3 Å². The summed E-state index contributed by atoms with van der Waals surface area (Å²) < 4.78 is 1.91. The predicted octanol–water partition coefficient (Wildman–Crippen LogP) is 4.15. The second-order valence-corrected chi connectivity index (χ2v) is 9.95. The molecule has 4 heterocycles. The molecule has 33 heavy (non-hydrogen) atoms. The summed E-state index contributed by atoms with van der Waals surface area (Å²) in [5, 5.41) is 19.0. The standard InChI is InChI=1S/C25H35N7O/c1-4-7-19-16-26-17(2)24(28-19)20-14-22-29-21(31-12-5-6-13-31)15-23(32(22)30-20)27-18-8-10-25(3,33)11-9-18/h14-16,18,27,33H,4-13H2,1-3H3/t18-,25-. The van der Waals surface area contributed by atoms with Crippen LogP contribution in [0, 0.1) is 6.92 Å². The molecule has 1 saturated carbocycles. The van der Waals surface area contributed by atoms with Gasteiger partial charge in [-0.15, -0.1) is 0 Å². The lowest BCUT2D eigenvalue weighted by atomic mass is 9.84. The fourth-order valence-electron chi connectivity index (χ4n) is 4.99. The number of aliphatic hydroxyl groups is 1. The Balaban J connectivity index is 1.53. The van der Waals surface area contributed by atoms with Crippen molar-refractivity contribution in [3.05, 3.63) is 29.7 Å². The van der Waals surface area contributed by atoms with Gasteiger partial charge >= 0.3 is 0 Å². The van der Waals surface area contributed by atoms with Crippen LogP contribution < -0.4 is 10.2 Å². The predicted molar refractivity (Wildman–Crippen MR) is 131 cm³/mol. The third-order valence-corrected chi connectivity index (χ3v) is 7.01. The van der Waals surface area contributed by atoms with E-state index in [4.69, 9.17) is 15.1 Å². The van der Waals surface area contributed by atoms with E-state index in [0.717, 1.165) is 91.7 Å². The van der Waals surface area contributed by atoms with Crippen LogP contribution >= 0.6 is 0 Å². The van der Waals surface area contributed by atoms with Crippen molar-refractivity contribution in [1.82, 2.24) is 24.6 Å². The van der Waals surface area contributed by atoms with Crippen molar-refractivity contribution in [2.45, 2.75) is 83.8 Å². The maximum atomic E-state index is 10.4. The van der Waals surface area contributed by atoms with Crippen molar-refractivity contribution >= 4 is 17.3 Å². The normalized spacial score (nSPS) is 23.4. The summed E-state index contributed by atoms with van der Waals surface area (Å²) in [5.41, 5.74) is 3.77. The van der Waals surface area contributed by atoms with Crippen LogP contribution in [-0.2, 0) is 6.42 Å². The molecule has 2 aliphatic rings. The second-order valence-electron chi connectivity index (χ2n) is 9.95. The molecule has 0 amide bonds. The molecule has 1 saturated heterocycles. The summed E-state index contributed by atoms with van der Waals surface area (Å²) in [7, 11) is 0. The maximum absolute atomic E-state index is 10.4. The molecule has 0 spiro atoms. The van der Waals surface area contributed by atoms with E-state index in [1.165, 1.54) is 12.8 Å². The number of aryl methyl sites for hydroxylation is 2. The van der Waals surface area contributed by atoms with E-state index in [2.05, 4.69) is 28.2 Å². The summed E-state index contributed by atoms with van der Waals surface area (Å²) in [4.78, 5) is 16.8. The molecule has 3 aromatic rings. The van der Waals surface area contributed by atoms with E-state index in [0.29, 0.717) is 6.04 Å². The number of fused-ring (bicyclic) bond motifs is 1. The number of nitrogens with one attached hydrogen (secondary N) is 1. The van der Waals surface area contributed by atoms with Crippen LogP contribution in [0.25, 0.3) is 17.0 Å². The first-order chi connectivity index (χ1) is 15.9. The van der Waals surface area contributed by atoms with Gasteiger partial charge in [0, 0.05) is 37.5 Å². The number of anilines is 2. The minimum atomic E-state index is -0.551. The highest BCUT2D eigenvalue weighted by atomic mass is 16.3. The highest BCUT2D eigenvalue weighted by molar-refractivity contribution is 5.67. The van der Waals surface area contributed by atoms with E-state index in [9.17, 15) is 5.11 Å². The Morgan fingerprint density at radius 2 is 1.91 bits per heavy atom. The van der Waals surface area contributed by atoms with Crippen molar-refractivity contribution in [1.29, 1.82) is 0 Å². The Morgan fingerprint density at radius 1 is 1.15 bits per heavy atom. The fraction of sp³-hybridized carbons (Fsp3) is 0.600. The average Bonchev–Trinajstić information content (AvgIpc) is 3.47. The molecule has 2 fully saturated rings. The van der Waals surface area contributed by atoms with Crippen LogP contribution in [0.15, 0.2) is 18.3 Å². The molecular weight excluding hydrogens is 414 g/mol. The molecule has 8 nitrogen and oxygen atoms in total. The van der Waals surface area contributed by atoms with Crippen molar-refractivity contribution in [3.63, 3.8) is 0 Å². The molecule has 1 aliphatic carbocycles. The van der Waals surface area contributed by atoms with Crippen LogP contribution in [0.4, 0.5) is 11.6 Å². The second kappa shape index (κ2) is 8.89. The summed E-state index contributed by atoms with van der Waals surface area (Å²) in [5.74, 6) is 1.95. The van der Waals surface area contributed by atoms with Crippen LogP contribution in [-0.4, -0.2) is 54.4 Å². The molecule has 3 aromatic heterocycles. The molecular formula is C25H35N7O. The summed E-state index contributed by atoms with van der Waals surface area (Å²) in [6.45, 7) is 8.16. The summed E-state index contributed by atoms with van der Waals surface area (Å²) in [6.07, 6.45) is 9.71. The number of nitrogens with zero attached hydrogens (tertiary/aromatic N) is 6. The molecule has 1 aliphatic heterocycles. The first-order valence-corrected chi connectivity index (χ1v) is 12.4. The van der Waals surface area contributed by atoms with E-state index in [1.54, 1.807) is 0 Å². The van der Waals surface area contributed by atoms with E-state index >= 15 is 0 Å². The number of aromatic nitrogens is 5. The lowest BCUT2D eigenvalue weighted by molar-refractivity contribution is 0.0196. The SMILES string of the molecule is CCCc1cnc(C)c(-c2cc3nc(N4CCCC4)cc(N[C@H]4CC[C@](C)(O)CC4)n3n2)n1. The summed E-state index contributed by atoms with van der Waals surface area (Å²) in [6, 6.07) is 4.47. The highest BCUT2D eigenvalue weighted by Gasteiger charge is 2.29.